The number of hydrogen-bond acceptors (Lipinski definition) is 6. The van der Waals surface area contributed by atoms with E-state index in [-0.39, 0.29) is 28.2 Å². The highest BCUT2D eigenvalue weighted by Crippen LogP contribution is 2.47. The third-order valence-electron chi connectivity index (χ3n) is 5.94. The van der Waals surface area contributed by atoms with Gasteiger partial charge >= 0.3 is 0 Å². The first-order valence-corrected chi connectivity index (χ1v) is 9.92. The van der Waals surface area contributed by atoms with Gasteiger partial charge in [-0.1, -0.05) is 19.9 Å². The quantitative estimate of drug-likeness (QED) is 0.561. The number of non-ortho nitro benzene ring substituents is 1. The Morgan fingerprint density at radius 2 is 1.73 bits per heavy atom. The van der Waals surface area contributed by atoms with Crippen LogP contribution in [0.25, 0.3) is 0 Å². The predicted octanol–water partition coefficient (Wildman–Crippen LogP) is 4.51. The fourth-order valence-electron chi connectivity index (χ4n) is 4.32. The lowest BCUT2D eigenvalue weighted by molar-refractivity contribution is -0.385. The fourth-order valence-corrected chi connectivity index (χ4v) is 4.32. The Hall–Kier alpha value is -3.35. The molecule has 0 fully saturated rings. The van der Waals surface area contributed by atoms with E-state index in [1.54, 1.807) is 0 Å². The maximum Gasteiger partial charge on any atom is 0.269 e. The highest BCUT2D eigenvalue weighted by molar-refractivity contribution is 6.01. The van der Waals surface area contributed by atoms with E-state index in [2.05, 4.69) is 10.6 Å². The van der Waals surface area contributed by atoms with Crippen molar-refractivity contribution in [2.24, 2.45) is 5.41 Å². The van der Waals surface area contributed by atoms with E-state index in [1.807, 2.05) is 39.8 Å². The van der Waals surface area contributed by atoms with Crippen LogP contribution in [0.4, 0.5) is 17.1 Å². The number of anilines is 2. The summed E-state index contributed by atoms with van der Waals surface area (Å²) in [5.74, 6) is -0.395. The van der Waals surface area contributed by atoms with Gasteiger partial charge in [0, 0.05) is 29.8 Å². The molecule has 0 unspecified atom stereocenters. The number of nitrogens with zero attached hydrogens (tertiary/aromatic N) is 1. The monoisotopic (exact) mass is 406 g/mol. The zero-order valence-electron chi connectivity index (χ0n) is 17.5. The molecule has 7 nitrogen and oxygen atoms in total. The molecule has 0 bridgehead atoms. The van der Waals surface area contributed by atoms with Crippen LogP contribution in [-0.4, -0.2) is 10.7 Å². The van der Waals surface area contributed by atoms with Crippen LogP contribution in [0.1, 0.15) is 49.4 Å². The Bertz CT molecular complexity index is 1120. The summed E-state index contributed by atoms with van der Waals surface area (Å²) in [6, 6.07) is 6.91. The molecule has 0 saturated carbocycles. The third kappa shape index (κ3) is 3.40. The smallest absolute Gasteiger partial charge is 0.269 e. The SMILES string of the molecule is Cc1cc2c(cc1C)N[C@H](c1cc([N+](=O)[O-])ccc1[O-])C1=C(CC(C)(C)CC1=O)N2. The van der Waals surface area contributed by atoms with E-state index >= 15 is 0 Å². The Morgan fingerprint density at radius 1 is 1.07 bits per heavy atom. The summed E-state index contributed by atoms with van der Waals surface area (Å²) in [7, 11) is 0. The number of fused-ring (bicyclic) bond motifs is 1. The zero-order valence-corrected chi connectivity index (χ0v) is 17.5. The van der Waals surface area contributed by atoms with Crippen LogP contribution in [0.15, 0.2) is 41.6 Å². The third-order valence-corrected chi connectivity index (χ3v) is 5.94. The molecule has 2 N–H and O–H groups in total. The molecule has 1 atom stereocenters. The number of Topliss-reactive ketones (excluding diaryl/α,β-unsaturated/α-hetero) is 1. The van der Waals surface area contributed by atoms with Crippen LogP contribution in [0, 0.1) is 29.4 Å². The summed E-state index contributed by atoms with van der Waals surface area (Å²) >= 11 is 0. The van der Waals surface area contributed by atoms with Crippen molar-refractivity contribution in [1.82, 2.24) is 0 Å². The number of benzene rings is 2. The molecule has 1 aliphatic heterocycles. The van der Waals surface area contributed by atoms with Gasteiger partial charge in [0.25, 0.3) is 5.69 Å². The minimum atomic E-state index is -0.758. The highest BCUT2D eigenvalue weighted by Gasteiger charge is 2.39. The van der Waals surface area contributed by atoms with Crippen LogP contribution in [-0.2, 0) is 4.79 Å². The summed E-state index contributed by atoms with van der Waals surface area (Å²) in [6.07, 6.45) is 0.991. The summed E-state index contributed by atoms with van der Waals surface area (Å²) in [4.78, 5) is 24.0. The van der Waals surface area contributed by atoms with E-state index in [0.29, 0.717) is 18.4 Å². The Balaban J connectivity index is 1.95. The minimum absolute atomic E-state index is 0.0570. The molecule has 1 aliphatic carbocycles. The van der Waals surface area contributed by atoms with Gasteiger partial charge in [0.1, 0.15) is 0 Å². The van der Waals surface area contributed by atoms with Crippen molar-refractivity contribution in [2.45, 2.75) is 46.6 Å². The van der Waals surface area contributed by atoms with Gasteiger partial charge < -0.3 is 15.7 Å². The number of allylic oxidation sites excluding steroid dienone is 1. The summed E-state index contributed by atoms with van der Waals surface area (Å²) < 4.78 is 0. The molecule has 1 heterocycles. The molecule has 0 amide bonds. The molecular weight excluding hydrogens is 382 g/mol. The number of nitro benzene ring substituents is 1. The van der Waals surface area contributed by atoms with Crippen molar-refractivity contribution in [3.63, 3.8) is 0 Å². The number of carbonyl (C=O) groups is 1. The molecule has 2 aliphatic rings. The lowest BCUT2D eigenvalue weighted by Crippen LogP contribution is -2.31. The minimum Gasteiger partial charge on any atom is -0.872 e. The van der Waals surface area contributed by atoms with Crippen molar-refractivity contribution in [2.75, 3.05) is 10.6 Å². The van der Waals surface area contributed by atoms with Gasteiger partial charge in [0.15, 0.2) is 5.78 Å². The second-order valence-corrected chi connectivity index (χ2v) is 9.00. The van der Waals surface area contributed by atoms with Crippen LogP contribution in [0.3, 0.4) is 0 Å². The van der Waals surface area contributed by atoms with E-state index < -0.39 is 11.0 Å². The number of ketones is 1. The molecule has 0 saturated heterocycles. The van der Waals surface area contributed by atoms with Crippen LogP contribution < -0.4 is 15.7 Å². The van der Waals surface area contributed by atoms with Crippen molar-refractivity contribution in [3.8, 4) is 5.75 Å². The lowest BCUT2D eigenvalue weighted by Gasteiger charge is -2.35. The van der Waals surface area contributed by atoms with E-state index in [0.717, 1.165) is 28.2 Å². The molecule has 2 aromatic carbocycles. The average molecular weight is 406 g/mol. The molecule has 2 aromatic rings. The van der Waals surface area contributed by atoms with E-state index in [4.69, 9.17) is 0 Å². The fraction of sp³-hybridized carbons (Fsp3) is 0.348. The first-order chi connectivity index (χ1) is 14.1. The van der Waals surface area contributed by atoms with E-state index in [1.165, 1.54) is 18.2 Å². The van der Waals surface area contributed by atoms with Crippen molar-refractivity contribution in [1.29, 1.82) is 0 Å². The largest absolute Gasteiger partial charge is 0.872 e. The molecule has 0 spiro atoms. The number of aryl methyl sites for hydroxylation is 2. The van der Waals surface area contributed by atoms with Crippen molar-refractivity contribution in [3.05, 3.63) is 68.4 Å². The first kappa shape index (κ1) is 19.9. The van der Waals surface area contributed by atoms with Gasteiger partial charge in [-0.25, -0.2) is 0 Å². The Morgan fingerprint density at radius 3 is 2.40 bits per heavy atom. The molecule has 30 heavy (non-hydrogen) atoms. The number of rotatable bonds is 2. The highest BCUT2D eigenvalue weighted by atomic mass is 16.6. The molecule has 156 valence electrons. The second kappa shape index (κ2) is 6.86. The van der Waals surface area contributed by atoms with Gasteiger partial charge in [0.05, 0.1) is 22.3 Å². The average Bonchev–Trinajstić information content (AvgIpc) is 2.78. The summed E-state index contributed by atoms with van der Waals surface area (Å²) in [5, 5.41) is 30.8. The van der Waals surface area contributed by atoms with Gasteiger partial charge in [-0.05, 0) is 54.5 Å². The zero-order chi connectivity index (χ0) is 21.8. The standard InChI is InChI=1S/C23H25N3O4/c1-12-7-16-17(8-13(12)2)25-22(15-9-14(26(29)30)5-6-19(15)27)21-18(24-16)10-23(3,4)11-20(21)28/h5-9,22,24-25,27H,10-11H2,1-4H3/p-1/t22-/m1/s1. The topological polar surface area (TPSA) is 107 Å². The molecule has 4 rings (SSSR count). The van der Waals surface area contributed by atoms with Crippen LogP contribution >= 0.6 is 0 Å². The van der Waals surface area contributed by atoms with Gasteiger partial charge in [-0.2, -0.15) is 0 Å². The molecule has 0 radical (unpaired) electrons. The first-order valence-electron chi connectivity index (χ1n) is 9.92. The number of hydrogen-bond donors (Lipinski definition) is 2. The number of carbonyl (C=O) groups excluding carboxylic acids is 1. The summed E-state index contributed by atoms with van der Waals surface area (Å²) in [6.45, 7) is 8.08. The molecule has 7 heteroatoms. The van der Waals surface area contributed by atoms with Crippen molar-refractivity contribution >= 4 is 22.8 Å². The number of nitro groups is 1. The maximum absolute atomic E-state index is 13.2. The number of nitrogens with one attached hydrogen (secondary N) is 2. The predicted molar refractivity (Wildman–Crippen MR) is 113 cm³/mol. The lowest BCUT2D eigenvalue weighted by atomic mass is 9.73. The normalized spacial score (nSPS) is 19.9. The maximum atomic E-state index is 13.2. The Kier molecular flexibility index (Phi) is 4.56. The van der Waals surface area contributed by atoms with E-state index in [9.17, 15) is 20.0 Å². The van der Waals surface area contributed by atoms with Gasteiger partial charge in [0.2, 0.25) is 0 Å². The van der Waals surface area contributed by atoms with Crippen LogP contribution in [0.5, 0.6) is 5.75 Å². The second-order valence-electron chi connectivity index (χ2n) is 9.00. The van der Waals surface area contributed by atoms with Crippen LogP contribution in [0.2, 0.25) is 0 Å². The van der Waals surface area contributed by atoms with Gasteiger partial charge in [-0.15, -0.1) is 5.75 Å². The molecular formula is C23H24N3O4-. The summed E-state index contributed by atoms with van der Waals surface area (Å²) in [5.41, 5.74) is 4.82. The Labute approximate surface area is 175 Å². The molecule has 0 aromatic heterocycles. The van der Waals surface area contributed by atoms with Crippen molar-refractivity contribution < 1.29 is 14.8 Å². The van der Waals surface area contributed by atoms with Gasteiger partial charge in [-0.3, -0.25) is 14.9 Å².